The van der Waals surface area contributed by atoms with Gasteiger partial charge in [0.2, 0.25) is 0 Å². The summed E-state index contributed by atoms with van der Waals surface area (Å²) in [6.45, 7) is 5.92. The number of nitrogens with one attached hydrogen (secondary N) is 1. The van der Waals surface area contributed by atoms with Gasteiger partial charge < -0.3 is 19.2 Å². The summed E-state index contributed by atoms with van der Waals surface area (Å²) in [7, 11) is 3.30. The zero-order valence-electron chi connectivity index (χ0n) is 12.0. The predicted molar refractivity (Wildman–Crippen MR) is 76.1 cm³/mol. The molecule has 1 aromatic carbocycles. The molecule has 0 unspecified atom stereocenters. The van der Waals surface area contributed by atoms with Crippen molar-refractivity contribution in [1.29, 1.82) is 0 Å². The van der Waals surface area contributed by atoms with Crippen LogP contribution in [0.5, 0.6) is 11.5 Å². The number of fused-ring (bicyclic) bond motifs is 1. The number of hydrogen-bond acceptors (Lipinski definition) is 4. The number of rotatable bonds is 6. The van der Waals surface area contributed by atoms with Crippen LogP contribution in [0.25, 0.3) is 11.0 Å². The van der Waals surface area contributed by atoms with Crippen LogP contribution in [-0.4, -0.2) is 20.8 Å². The van der Waals surface area contributed by atoms with Crippen LogP contribution < -0.4 is 14.8 Å². The quantitative estimate of drug-likeness (QED) is 0.812. The van der Waals surface area contributed by atoms with Gasteiger partial charge in [0.15, 0.2) is 0 Å². The Morgan fingerprint density at radius 2 is 2.00 bits per heavy atom. The van der Waals surface area contributed by atoms with Gasteiger partial charge in [-0.15, -0.1) is 0 Å². The summed E-state index contributed by atoms with van der Waals surface area (Å²) in [5.74, 6) is 2.48. The Bertz CT molecular complexity index is 560. The van der Waals surface area contributed by atoms with Crippen molar-refractivity contribution in [2.45, 2.75) is 26.8 Å². The van der Waals surface area contributed by atoms with E-state index >= 15 is 0 Å². The molecule has 1 aromatic heterocycles. The topological polar surface area (TPSA) is 43.6 Å². The molecule has 4 nitrogen and oxygen atoms in total. The van der Waals surface area contributed by atoms with Crippen LogP contribution in [0, 0.1) is 6.92 Å². The first-order chi connectivity index (χ1) is 9.21. The molecule has 2 aromatic rings. The molecule has 4 heteroatoms. The molecule has 0 bridgehead atoms. The lowest BCUT2D eigenvalue weighted by Gasteiger charge is -2.05. The van der Waals surface area contributed by atoms with Crippen molar-refractivity contribution in [3.63, 3.8) is 0 Å². The first-order valence-corrected chi connectivity index (χ1v) is 6.56. The van der Waals surface area contributed by atoms with Crippen LogP contribution in [0.2, 0.25) is 0 Å². The molecule has 19 heavy (non-hydrogen) atoms. The number of furan rings is 1. The van der Waals surface area contributed by atoms with Gasteiger partial charge in [0.1, 0.15) is 22.8 Å². The first-order valence-electron chi connectivity index (χ1n) is 6.56. The number of aryl methyl sites for hydroxylation is 1. The Kier molecular flexibility index (Phi) is 4.32. The molecule has 0 saturated heterocycles. The number of hydrogen-bond donors (Lipinski definition) is 1. The van der Waals surface area contributed by atoms with Crippen molar-refractivity contribution in [2.75, 3.05) is 20.8 Å². The molecule has 0 aliphatic rings. The Morgan fingerprint density at radius 1 is 1.21 bits per heavy atom. The third-order valence-corrected chi connectivity index (χ3v) is 3.23. The van der Waals surface area contributed by atoms with Gasteiger partial charge >= 0.3 is 0 Å². The minimum Gasteiger partial charge on any atom is -0.496 e. The molecular formula is C15H21NO3. The summed E-state index contributed by atoms with van der Waals surface area (Å²) in [6, 6.07) is 3.78. The Hall–Kier alpha value is -1.68. The molecular weight excluding hydrogens is 242 g/mol. The average molecular weight is 263 g/mol. The van der Waals surface area contributed by atoms with Crippen molar-refractivity contribution in [3.8, 4) is 11.5 Å². The summed E-state index contributed by atoms with van der Waals surface area (Å²) in [5, 5.41) is 4.38. The highest BCUT2D eigenvalue weighted by Gasteiger charge is 2.16. The number of methoxy groups -OCH3 is 2. The van der Waals surface area contributed by atoms with Gasteiger partial charge in [-0.1, -0.05) is 6.92 Å². The van der Waals surface area contributed by atoms with E-state index in [0.717, 1.165) is 53.3 Å². The van der Waals surface area contributed by atoms with E-state index in [0.29, 0.717) is 0 Å². The summed E-state index contributed by atoms with van der Waals surface area (Å²) in [5.41, 5.74) is 1.93. The van der Waals surface area contributed by atoms with Crippen LogP contribution in [0.4, 0.5) is 0 Å². The minimum atomic E-state index is 0.736. The second kappa shape index (κ2) is 5.97. The van der Waals surface area contributed by atoms with Crippen LogP contribution in [-0.2, 0) is 6.54 Å². The maximum absolute atomic E-state index is 5.91. The van der Waals surface area contributed by atoms with Crippen LogP contribution >= 0.6 is 0 Å². The molecule has 0 fully saturated rings. The molecule has 0 aliphatic heterocycles. The van der Waals surface area contributed by atoms with Gasteiger partial charge in [-0.3, -0.25) is 0 Å². The van der Waals surface area contributed by atoms with Crippen molar-refractivity contribution < 1.29 is 13.9 Å². The second-order valence-corrected chi connectivity index (χ2v) is 4.53. The largest absolute Gasteiger partial charge is 0.496 e. The lowest BCUT2D eigenvalue weighted by molar-refractivity contribution is 0.397. The minimum absolute atomic E-state index is 0.736. The lowest BCUT2D eigenvalue weighted by atomic mass is 10.1. The standard InChI is InChI=1S/C15H21NO3/c1-5-6-16-9-14-10(2)15-12(18-4)7-11(17-3)8-13(15)19-14/h7-8,16H,5-6,9H2,1-4H3. The van der Waals surface area contributed by atoms with Gasteiger partial charge in [-0.05, 0) is 19.9 Å². The van der Waals surface area contributed by atoms with Crippen molar-refractivity contribution in [1.82, 2.24) is 5.32 Å². The van der Waals surface area contributed by atoms with Crippen LogP contribution in [0.15, 0.2) is 16.5 Å². The lowest BCUT2D eigenvalue weighted by Crippen LogP contribution is -2.13. The molecule has 0 amide bonds. The molecule has 0 aliphatic carbocycles. The predicted octanol–water partition coefficient (Wildman–Crippen LogP) is 3.26. The zero-order valence-corrected chi connectivity index (χ0v) is 12.0. The molecule has 1 heterocycles. The van der Waals surface area contributed by atoms with Crippen LogP contribution in [0.3, 0.4) is 0 Å². The molecule has 0 saturated carbocycles. The number of benzene rings is 1. The fraction of sp³-hybridized carbons (Fsp3) is 0.467. The molecule has 0 radical (unpaired) electrons. The van der Waals surface area contributed by atoms with Gasteiger partial charge in [0.25, 0.3) is 0 Å². The van der Waals surface area contributed by atoms with Crippen molar-refractivity contribution in [2.24, 2.45) is 0 Å². The highest BCUT2D eigenvalue weighted by atomic mass is 16.5. The molecule has 104 valence electrons. The van der Waals surface area contributed by atoms with Gasteiger partial charge in [0.05, 0.1) is 26.2 Å². The highest BCUT2D eigenvalue weighted by molar-refractivity contribution is 5.89. The normalized spacial score (nSPS) is 10.9. The first kappa shape index (κ1) is 13.7. The Balaban J connectivity index is 2.43. The summed E-state index contributed by atoms with van der Waals surface area (Å²) in [4.78, 5) is 0. The van der Waals surface area contributed by atoms with E-state index in [1.165, 1.54) is 0 Å². The molecule has 0 atom stereocenters. The zero-order chi connectivity index (χ0) is 13.8. The van der Waals surface area contributed by atoms with Crippen molar-refractivity contribution >= 4 is 11.0 Å². The average Bonchev–Trinajstić information content (AvgIpc) is 2.75. The van der Waals surface area contributed by atoms with E-state index in [1.807, 2.05) is 12.1 Å². The monoisotopic (exact) mass is 263 g/mol. The highest BCUT2D eigenvalue weighted by Crippen LogP contribution is 2.36. The van der Waals surface area contributed by atoms with E-state index in [1.54, 1.807) is 14.2 Å². The second-order valence-electron chi connectivity index (χ2n) is 4.53. The maximum atomic E-state index is 5.91. The summed E-state index contributed by atoms with van der Waals surface area (Å²) < 4.78 is 16.6. The van der Waals surface area contributed by atoms with E-state index in [-0.39, 0.29) is 0 Å². The van der Waals surface area contributed by atoms with Gasteiger partial charge in [-0.2, -0.15) is 0 Å². The summed E-state index contributed by atoms with van der Waals surface area (Å²) >= 11 is 0. The summed E-state index contributed by atoms with van der Waals surface area (Å²) in [6.07, 6.45) is 1.11. The molecule has 0 spiro atoms. The Labute approximate surface area is 113 Å². The third-order valence-electron chi connectivity index (χ3n) is 3.23. The van der Waals surface area contributed by atoms with E-state index in [2.05, 4.69) is 19.2 Å². The van der Waals surface area contributed by atoms with E-state index in [4.69, 9.17) is 13.9 Å². The van der Waals surface area contributed by atoms with E-state index < -0.39 is 0 Å². The fourth-order valence-corrected chi connectivity index (χ4v) is 2.19. The maximum Gasteiger partial charge on any atom is 0.142 e. The van der Waals surface area contributed by atoms with Crippen molar-refractivity contribution in [3.05, 3.63) is 23.5 Å². The van der Waals surface area contributed by atoms with Gasteiger partial charge in [-0.25, -0.2) is 0 Å². The third kappa shape index (κ3) is 2.68. The number of ether oxygens (including phenoxy) is 2. The molecule has 1 N–H and O–H groups in total. The van der Waals surface area contributed by atoms with Gasteiger partial charge in [0, 0.05) is 17.7 Å². The Morgan fingerprint density at radius 3 is 2.63 bits per heavy atom. The smallest absolute Gasteiger partial charge is 0.142 e. The van der Waals surface area contributed by atoms with Crippen LogP contribution in [0.1, 0.15) is 24.7 Å². The fourth-order valence-electron chi connectivity index (χ4n) is 2.19. The van der Waals surface area contributed by atoms with E-state index in [9.17, 15) is 0 Å². The SMILES string of the molecule is CCCNCc1oc2cc(OC)cc(OC)c2c1C. The molecule has 2 rings (SSSR count).